The van der Waals surface area contributed by atoms with Gasteiger partial charge in [0.1, 0.15) is 5.82 Å². The molecule has 0 bridgehead atoms. The summed E-state index contributed by atoms with van der Waals surface area (Å²) in [5.41, 5.74) is 2.81. The molecule has 26 heavy (non-hydrogen) atoms. The summed E-state index contributed by atoms with van der Waals surface area (Å²) in [6.45, 7) is 2.30. The number of para-hydroxylation sites is 1. The van der Waals surface area contributed by atoms with Crippen LogP contribution in [0.5, 0.6) is 0 Å². The topological polar surface area (TPSA) is 52.2 Å². The van der Waals surface area contributed by atoms with Crippen LogP contribution in [0.1, 0.15) is 10.4 Å². The van der Waals surface area contributed by atoms with Crippen LogP contribution in [0.15, 0.2) is 60.8 Å². The Balaban J connectivity index is 1.48. The first kappa shape index (κ1) is 16.3. The molecule has 1 aromatic heterocycles. The third-order valence-electron chi connectivity index (χ3n) is 4.69. The predicted octanol–water partition coefficient (Wildman–Crippen LogP) is 3.18. The van der Waals surface area contributed by atoms with Crippen molar-refractivity contribution in [3.8, 4) is 11.3 Å². The van der Waals surface area contributed by atoms with Crippen LogP contribution in [0.25, 0.3) is 11.3 Å². The first-order valence-corrected chi connectivity index (χ1v) is 8.61. The standard InChI is InChI=1S/C20H19FN4O/c21-17-8-4-5-9-18(17)24-10-12-25(13-11-24)20(26)16-14-22-23-19(16)15-6-2-1-3-7-15/h1-9,14H,10-13H2,(H,22,23). The second kappa shape index (κ2) is 7.00. The number of halogens is 1. The third kappa shape index (κ3) is 3.06. The van der Waals surface area contributed by atoms with Crippen LogP contribution < -0.4 is 4.90 Å². The Kier molecular flexibility index (Phi) is 4.39. The summed E-state index contributed by atoms with van der Waals surface area (Å²) in [6, 6.07) is 16.4. The fraction of sp³-hybridized carbons (Fsp3) is 0.200. The molecule has 1 saturated heterocycles. The lowest BCUT2D eigenvalue weighted by Crippen LogP contribution is -2.49. The number of amides is 1. The van der Waals surface area contributed by atoms with Crippen molar-refractivity contribution in [2.75, 3.05) is 31.1 Å². The second-order valence-electron chi connectivity index (χ2n) is 6.26. The number of nitrogens with one attached hydrogen (secondary N) is 1. The van der Waals surface area contributed by atoms with Gasteiger partial charge in [0.25, 0.3) is 5.91 Å². The van der Waals surface area contributed by atoms with Gasteiger partial charge in [-0.1, -0.05) is 42.5 Å². The van der Waals surface area contributed by atoms with Crippen LogP contribution in [0, 0.1) is 5.82 Å². The van der Waals surface area contributed by atoms with Gasteiger partial charge in [-0.3, -0.25) is 9.89 Å². The number of rotatable bonds is 3. The molecule has 0 radical (unpaired) electrons. The average molecular weight is 350 g/mol. The number of piperazine rings is 1. The first-order valence-electron chi connectivity index (χ1n) is 8.61. The number of hydrogen-bond acceptors (Lipinski definition) is 3. The summed E-state index contributed by atoms with van der Waals surface area (Å²) >= 11 is 0. The van der Waals surface area contributed by atoms with E-state index in [1.54, 1.807) is 23.2 Å². The van der Waals surface area contributed by atoms with Gasteiger partial charge in [0, 0.05) is 31.7 Å². The molecule has 1 aliphatic heterocycles. The largest absolute Gasteiger partial charge is 0.366 e. The van der Waals surface area contributed by atoms with Crippen LogP contribution in [-0.4, -0.2) is 47.2 Å². The Morgan fingerprint density at radius 3 is 2.38 bits per heavy atom. The van der Waals surface area contributed by atoms with E-state index in [0.29, 0.717) is 37.4 Å². The molecule has 2 aromatic carbocycles. The molecule has 0 atom stereocenters. The molecule has 0 aliphatic carbocycles. The Morgan fingerprint density at radius 1 is 0.962 bits per heavy atom. The molecule has 3 aromatic rings. The highest BCUT2D eigenvalue weighted by Crippen LogP contribution is 2.24. The first-order chi connectivity index (χ1) is 12.7. The molecule has 1 N–H and O–H groups in total. The zero-order valence-electron chi connectivity index (χ0n) is 14.2. The third-order valence-corrected chi connectivity index (χ3v) is 4.69. The molecule has 4 rings (SSSR count). The fourth-order valence-electron chi connectivity index (χ4n) is 3.30. The lowest BCUT2D eigenvalue weighted by Gasteiger charge is -2.36. The van der Waals surface area contributed by atoms with Crippen LogP contribution >= 0.6 is 0 Å². The lowest BCUT2D eigenvalue weighted by atomic mass is 10.1. The van der Waals surface area contributed by atoms with E-state index in [4.69, 9.17) is 0 Å². The summed E-state index contributed by atoms with van der Waals surface area (Å²) in [6.07, 6.45) is 1.58. The molecule has 1 fully saturated rings. The van der Waals surface area contributed by atoms with Crippen molar-refractivity contribution in [3.63, 3.8) is 0 Å². The molecule has 2 heterocycles. The quantitative estimate of drug-likeness (QED) is 0.789. The number of nitrogens with zero attached hydrogens (tertiary/aromatic N) is 3. The van der Waals surface area contributed by atoms with Gasteiger partial charge in [0.2, 0.25) is 0 Å². The highest BCUT2D eigenvalue weighted by atomic mass is 19.1. The van der Waals surface area contributed by atoms with Crippen molar-refractivity contribution in [1.82, 2.24) is 15.1 Å². The Morgan fingerprint density at radius 2 is 1.65 bits per heavy atom. The number of carbonyl (C=O) groups excluding carboxylic acids is 1. The number of benzene rings is 2. The number of hydrogen-bond donors (Lipinski definition) is 1. The molecule has 0 unspecified atom stereocenters. The van der Waals surface area contributed by atoms with Crippen molar-refractivity contribution in [3.05, 3.63) is 72.2 Å². The van der Waals surface area contributed by atoms with Crippen LogP contribution in [0.4, 0.5) is 10.1 Å². The van der Waals surface area contributed by atoms with Crippen LogP contribution in [0.3, 0.4) is 0 Å². The maximum absolute atomic E-state index is 14.0. The van der Waals surface area contributed by atoms with E-state index >= 15 is 0 Å². The van der Waals surface area contributed by atoms with Crippen molar-refractivity contribution >= 4 is 11.6 Å². The summed E-state index contributed by atoms with van der Waals surface area (Å²) in [7, 11) is 0. The van der Waals surface area contributed by atoms with Crippen molar-refractivity contribution in [2.24, 2.45) is 0 Å². The molecule has 0 saturated carbocycles. The summed E-state index contributed by atoms with van der Waals surface area (Å²) in [5.74, 6) is -0.278. The summed E-state index contributed by atoms with van der Waals surface area (Å²) < 4.78 is 14.0. The number of aromatic nitrogens is 2. The molecule has 1 amide bonds. The van der Waals surface area contributed by atoms with Crippen molar-refractivity contribution in [2.45, 2.75) is 0 Å². The van der Waals surface area contributed by atoms with Crippen LogP contribution in [0.2, 0.25) is 0 Å². The minimum absolute atomic E-state index is 0.0502. The molecule has 1 aliphatic rings. The normalized spacial score (nSPS) is 14.5. The van der Waals surface area contributed by atoms with Gasteiger partial charge < -0.3 is 9.80 Å². The van der Waals surface area contributed by atoms with Gasteiger partial charge in [0.15, 0.2) is 0 Å². The number of carbonyl (C=O) groups is 1. The smallest absolute Gasteiger partial charge is 0.257 e. The SMILES string of the molecule is O=C(c1cn[nH]c1-c1ccccc1)N1CCN(c2ccccc2F)CC1. The number of anilines is 1. The molecular weight excluding hydrogens is 331 g/mol. The zero-order chi connectivity index (χ0) is 17.9. The van der Waals surface area contributed by atoms with Gasteiger partial charge in [-0.15, -0.1) is 0 Å². The molecule has 6 heteroatoms. The van der Waals surface area contributed by atoms with Crippen molar-refractivity contribution in [1.29, 1.82) is 0 Å². The molecule has 0 spiro atoms. The number of aromatic amines is 1. The second-order valence-corrected chi connectivity index (χ2v) is 6.26. The number of H-pyrrole nitrogens is 1. The monoisotopic (exact) mass is 350 g/mol. The fourth-order valence-corrected chi connectivity index (χ4v) is 3.30. The van der Waals surface area contributed by atoms with Crippen molar-refractivity contribution < 1.29 is 9.18 Å². The zero-order valence-corrected chi connectivity index (χ0v) is 14.2. The summed E-state index contributed by atoms with van der Waals surface area (Å²) in [5, 5.41) is 6.98. The molecular formula is C20H19FN4O. The van der Waals surface area contributed by atoms with Gasteiger partial charge in [-0.2, -0.15) is 5.10 Å². The predicted molar refractivity (Wildman–Crippen MR) is 98.5 cm³/mol. The average Bonchev–Trinajstić information content (AvgIpc) is 3.18. The highest BCUT2D eigenvalue weighted by molar-refractivity contribution is 5.99. The summed E-state index contributed by atoms with van der Waals surface area (Å²) in [4.78, 5) is 16.7. The van der Waals surface area contributed by atoms with E-state index in [2.05, 4.69) is 10.2 Å². The molecule has 132 valence electrons. The Hall–Kier alpha value is -3.15. The van der Waals surface area contributed by atoms with Gasteiger partial charge >= 0.3 is 0 Å². The van der Waals surface area contributed by atoms with Crippen LogP contribution in [-0.2, 0) is 0 Å². The Labute approximate surface area is 151 Å². The minimum Gasteiger partial charge on any atom is -0.366 e. The highest BCUT2D eigenvalue weighted by Gasteiger charge is 2.26. The molecule has 5 nitrogen and oxygen atoms in total. The van der Waals surface area contributed by atoms with E-state index < -0.39 is 0 Å². The van der Waals surface area contributed by atoms with E-state index in [-0.39, 0.29) is 11.7 Å². The van der Waals surface area contributed by atoms with E-state index in [1.807, 2.05) is 41.3 Å². The lowest BCUT2D eigenvalue weighted by molar-refractivity contribution is 0.0747. The maximum atomic E-state index is 14.0. The maximum Gasteiger partial charge on any atom is 0.257 e. The van der Waals surface area contributed by atoms with E-state index in [1.165, 1.54) is 6.07 Å². The van der Waals surface area contributed by atoms with E-state index in [0.717, 1.165) is 11.3 Å². The van der Waals surface area contributed by atoms with Gasteiger partial charge in [-0.25, -0.2) is 4.39 Å². The van der Waals surface area contributed by atoms with E-state index in [9.17, 15) is 9.18 Å². The van der Waals surface area contributed by atoms with Gasteiger partial charge in [0.05, 0.1) is 23.1 Å². The minimum atomic E-state index is -0.228. The van der Waals surface area contributed by atoms with Gasteiger partial charge in [-0.05, 0) is 12.1 Å². The Bertz CT molecular complexity index is 901.